The maximum absolute atomic E-state index is 12.7. The summed E-state index contributed by atoms with van der Waals surface area (Å²) in [4.78, 5) is 26.7. The van der Waals surface area contributed by atoms with Crippen molar-refractivity contribution in [1.29, 1.82) is 0 Å². The van der Waals surface area contributed by atoms with Crippen molar-refractivity contribution in [3.63, 3.8) is 0 Å². The SMILES string of the molecule is Cc1ccc(C2CCCN2C(=O)CSCC(=O)Nc2cccc(C)c2)cc1. The third kappa shape index (κ3) is 5.36. The molecule has 1 unspecified atom stereocenters. The van der Waals surface area contributed by atoms with E-state index < -0.39 is 0 Å². The summed E-state index contributed by atoms with van der Waals surface area (Å²) in [5, 5.41) is 2.88. The Morgan fingerprint density at radius 2 is 1.85 bits per heavy atom. The van der Waals surface area contributed by atoms with Crippen molar-refractivity contribution in [2.75, 3.05) is 23.4 Å². The number of likely N-dealkylation sites (tertiary alicyclic amines) is 1. The normalized spacial score (nSPS) is 16.4. The molecular formula is C22H26N2O2S. The van der Waals surface area contributed by atoms with Gasteiger partial charge >= 0.3 is 0 Å². The Balaban J connectivity index is 1.48. The summed E-state index contributed by atoms with van der Waals surface area (Å²) in [7, 11) is 0. The van der Waals surface area contributed by atoms with Gasteiger partial charge in [0.05, 0.1) is 17.5 Å². The predicted molar refractivity (Wildman–Crippen MR) is 112 cm³/mol. The number of rotatable bonds is 6. The minimum Gasteiger partial charge on any atom is -0.335 e. The quantitative estimate of drug-likeness (QED) is 0.809. The van der Waals surface area contributed by atoms with Crippen LogP contribution in [0.25, 0.3) is 0 Å². The molecule has 4 nitrogen and oxygen atoms in total. The number of amides is 2. The third-order valence-corrected chi connectivity index (χ3v) is 5.71. The molecule has 0 aliphatic carbocycles. The van der Waals surface area contributed by atoms with Crippen LogP contribution >= 0.6 is 11.8 Å². The van der Waals surface area contributed by atoms with Gasteiger partial charge in [-0.1, -0.05) is 42.0 Å². The first-order valence-electron chi connectivity index (χ1n) is 9.33. The number of nitrogens with zero attached hydrogens (tertiary/aromatic N) is 1. The number of benzene rings is 2. The van der Waals surface area contributed by atoms with Crippen molar-refractivity contribution in [3.8, 4) is 0 Å². The molecule has 5 heteroatoms. The molecule has 0 aromatic heterocycles. The maximum Gasteiger partial charge on any atom is 0.234 e. The van der Waals surface area contributed by atoms with E-state index in [0.29, 0.717) is 5.75 Å². The standard InChI is InChI=1S/C22H26N2O2S/c1-16-8-10-18(11-9-16)20-7-4-12-24(20)22(26)15-27-14-21(25)23-19-6-3-5-17(2)13-19/h3,5-6,8-11,13,20H,4,7,12,14-15H2,1-2H3,(H,23,25). The second kappa shape index (κ2) is 9.09. The summed E-state index contributed by atoms with van der Waals surface area (Å²) < 4.78 is 0. The second-order valence-electron chi connectivity index (χ2n) is 7.07. The van der Waals surface area contributed by atoms with Crippen molar-refractivity contribution >= 4 is 29.3 Å². The van der Waals surface area contributed by atoms with E-state index in [1.807, 2.05) is 36.1 Å². The van der Waals surface area contributed by atoms with Gasteiger partial charge in [0, 0.05) is 12.2 Å². The fraction of sp³-hybridized carbons (Fsp3) is 0.364. The molecule has 0 spiro atoms. The van der Waals surface area contributed by atoms with Crippen LogP contribution in [0.4, 0.5) is 5.69 Å². The molecule has 2 aromatic rings. The predicted octanol–water partition coefficient (Wildman–Crippen LogP) is 4.34. The Labute approximate surface area is 165 Å². The van der Waals surface area contributed by atoms with Crippen LogP contribution in [0.3, 0.4) is 0 Å². The molecule has 2 aromatic carbocycles. The molecule has 1 fully saturated rings. The van der Waals surface area contributed by atoms with Crippen LogP contribution in [-0.4, -0.2) is 34.8 Å². The lowest BCUT2D eigenvalue weighted by molar-refractivity contribution is -0.129. The van der Waals surface area contributed by atoms with E-state index in [2.05, 4.69) is 36.5 Å². The molecule has 1 atom stereocenters. The number of anilines is 1. The molecule has 27 heavy (non-hydrogen) atoms. The van der Waals surface area contributed by atoms with Crippen molar-refractivity contribution in [3.05, 3.63) is 65.2 Å². The molecule has 1 saturated heterocycles. The zero-order valence-corrected chi connectivity index (χ0v) is 16.7. The van der Waals surface area contributed by atoms with E-state index >= 15 is 0 Å². The highest BCUT2D eigenvalue weighted by Crippen LogP contribution is 2.32. The summed E-state index contributed by atoms with van der Waals surface area (Å²) in [6.07, 6.45) is 2.04. The smallest absolute Gasteiger partial charge is 0.234 e. The van der Waals surface area contributed by atoms with Gasteiger partial charge in [0.15, 0.2) is 0 Å². The van der Waals surface area contributed by atoms with Crippen LogP contribution in [0.5, 0.6) is 0 Å². The van der Waals surface area contributed by atoms with Gasteiger partial charge in [0.25, 0.3) is 0 Å². The van der Waals surface area contributed by atoms with E-state index in [-0.39, 0.29) is 23.6 Å². The largest absolute Gasteiger partial charge is 0.335 e. The average Bonchev–Trinajstić information content (AvgIpc) is 3.12. The number of carbonyl (C=O) groups excluding carboxylic acids is 2. The minimum atomic E-state index is -0.0742. The topological polar surface area (TPSA) is 49.4 Å². The summed E-state index contributed by atoms with van der Waals surface area (Å²) >= 11 is 1.38. The Kier molecular flexibility index (Phi) is 6.56. The summed E-state index contributed by atoms with van der Waals surface area (Å²) in [5.41, 5.74) is 4.33. The molecule has 142 valence electrons. The van der Waals surface area contributed by atoms with Gasteiger partial charge in [-0.25, -0.2) is 0 Å². The van der Waals surface area contributed by atoms with Gasteiger partial charge in [-0.05, 0) is 49.9 Å². The molecule has 0 bridgehead atoms. The lowest BCUT2D eigenvalue weighted by Gasteiger charge is -2.25. The van der Waals surface area contributed by atoms with Crippen LogP contribution < -0.4 is 5.32 Å². The van der Waals surface area contributed by atoms with E-state index in [9.17, 15) is 9.59 Å². The first-order valence-corrected chi connectivity index (χ1v) is 10.5. The number of aryl methyl sites for hydroxylation is 2. The number of carbonyl (C=O) groups is 2. The lowest BCUT2D eigenvalue weighted by Crippen LogP contribution is -2.32. The fourth-order valence-corrected chi connectivity index (χ4v) is 4.13. The molecule has 3 rings (SSSR count). The highest BCUT2D eigenvalue weighted by Gasteiger charge is 2.29. The number of nitrogens with one attached hydrogen (secondary N) is 1. The fourth-order valence-electron chi connectivity index (χ4n) is 3.43. The van der Waals surface area contributed by atoms with Crippen LogP contribution in [0, 0.1) is 13.8 Å². The number of thioether (sulfide) groups is 1. The summed E-state index contributed by atoms with van der Waals surface area (Å²) in [6.45, 7) is 4.86. The summed E-state index contributed by atoms with van der Waals surface area (Å²) in [5.74, 6) is 0.660. The second-order valence-corrected chi connectivity index (χ2v) is 8.05. The monoisotopic (exact) mass is 382 g/mol. The maximum atomic E-state index is 12.7. The first kappa shape index (κ1) is 19.5. The highest BCUT2D eigenvalue weighted by molar-refractivity contribution is 8.00. The summed E-state index contributed by atoms with van der Waals surface area (Å²) in [6, 6.07) is 16.3. The molecule has 1 heterocycles. The van der Waals surface area contributed by atoms with E-state index in [1.54, 1.807) is 0 Å². The minimum absolute atomic E-state index is 0.0742. The third-order valence-electron chi connectivity index (χ3n) is 4.80. The van der Waals surface area contributed by atoms with Gasteiger partial charge in [-0.2, -0.15) is 0 Å². The number of hydrogen-bond donors (Lipinski definition) is 1. The molecule has 1 N–H and O–H groups in total. The van der Waals surface area contributed by atoms with Crippen LogP contribution in [0.15, 0.2) is 48.5 Å². The van der Waals surface area contributed by atoms with Crippen LogP contribution in [0.1, 0.15) is 35.6 Å². The van der Waals surface area contributed by atoms with Crippen molar-refractivity contribution in [2.24, 2.45) is 0 Å². The highest BCUT2D eigenvalue weighted by atomic mass is 32.2. The van der Waals surface area contributed by atoms with Gasteiger partial charge in [0.1, 0.15) is 0 Å². The van der Waals surface area contributed by atoms with E-state index in [0.717, 1.165) is 30.6 Å². The first-order chi connectivity index (χ1) is 13.0. The molecule has 0 saturated carbocycles. The number of hydrogen-bond acceptors (Lipinski definition) is 3. The van der Waals surface area contributed by atoms with Gasteiger partial charge < -0.3 is 10.2 Å². The zero-order chi connectivity index (χ0) is 19.2. The van der Waals surface area contributed by atoms with Crippen molar-refractivity contribution < 1.29 is 9.59 Å². The van der Waals surface area contributed by atoms with Crippen molar-refractivity contribution in [1.82, 2.24) is 4.90 Å². The Morgan fingerprint density at radius 3 is 2.59 bits per heavy atom. The zero-order valence-electron chi connectivity index (χ0n) is 15.9. The Morgan fingerprint density at radius 1 is 1.07 bits per heavy atom. The van der Waals surface area contributed by atoms with Crippen LogP contribution in [-0.2, 0) is 9.59 Å². The Bertz CT molecular complexity index is 804. The van der Waals surface area contributed by atoms with Gasteiger partial charge in [0.2, 0.25) is 11.8 Å². The molecule has 0 radical (unpaired) electrons. The molecule has 1 aliphatic heterocycles. The van der Waals surface area contributed by atoms with Crippen LogP contribution in [0.2, 0.25) is 0 Å². The Hall–Kier alpha value is -2.27. The molecular weight excluding hydrogens is 356 g/mol. The van der Waals surface area contributed by atoms with Gasteiger partial charge in [-0.3, -0.25) is 9.59 Å². The lowest BCUT2D eigenvalue weighted by atomic mass is 10.0. The average molecular weight is 383 g/mol. The van der Waals surface area contributed by atoms with Gasteiger partial charge in [-0.15, -0.1) is 11.8 Å². The molecule has 1 aliphatic rings. The van der Waals surface area contributed by atoms with Crippen molar-refractivity contribution in [2.45, 2.75) is 32.7 Å². The molecule has 2 amide bonds. The van der Waals surface area contributed by atoms with E-state index in [4.69, 9.17) is 0 Å². The van der Waals surface area contributed by atoms with E-state index in [1.165, 1.54) is 22.9 Å².